The molecule has 2 rings (SSSR count). The summed E-state index contributed by atoms with van der Waals surface area (Å²) >= 11 is 1.89. The third-order valence-electron chi connectivity index (χ3n) is 9.69. The quantitative estimate of drug-likeness (QED) is 0.0171. The fourth-order valence-corrected chi connectivity index (χ4v) is 7.82. The zero-order chi connectivity index (χ0) is 50.6. The molecule has 1 unspecified atom stereocenters. The van der Waals surface area contributed by atoms with Gasteiger partial charge in [-0.1, -0.05) is 6.42 Å². The van der Waals surface area contributed by atoms with Crippen LogP contribution >= 0.6 is 11.8 Å². The molecule has 0 spiro atoms. The van der Waals surface area contributed by atoms with Crippen LogP contribution in [0.4, 0.5) is 9.59 Å². The Labute approximate surface area is 418 Å². The Balaban J connectivity index is 1.20. The minimum atomic E-state index is -0.528. The molecule has 2 aliphatic rings. The van der Waals surface area contributed by atoms with E-state index >= 15 is 0 Å². The number of fused-ring (bicyclic) bond motifs is 1. The third kappa shape index (κ3) is 37.5. The minimum Gasteiger partial charge on any atom is -0.444 e. The number of carbonyl (C=O) groups excluding carboxylic acids is 4. The molecule has 2 fully saturated rings. The average molecular weight is 1030 g/mol. The number of urea groups is 1. The lowest BCUT2D eigenvalue weighted by Crippen LogP contribution is -2.36. The summed E-state index contributed by atoms with van der Waals surface area (Å²) in [5.41, 5.74) is 2.75. The summed E-state index contributed by atoms with van der Waals surface area (Å²) in [7, 11) is 0. The molecule has 3 atom stereocenters. The van der Waals surface area contributed by atoms with Gasteiger partial charge in [-0.2, -0.15) is 11.8 Å². The number of unbranched alkanes of at least 4 members (excludes halogenated alkanes) is 1. The van der Waals surface area contributed by atoms with E-state index in [-0.39, 0.29) is 43.0 Å². The van der Waals surface area contributed by atoms with Crippen molar-refractivity contribution in [2.24, 2.45) is 5.84 Å². The zero-order valence-electron chi connectivity index (χ0n) is 42.0. The van der Waals surface area contributed by atoms with Crippen molar-refractivity contribution in [1.82, 2.24) is 37.3 Å². The molecule has 0 saturated carbocycles. The molecule has 0 aromatic carbocycles. The molecule has 24 nitrogen and oxygen atoms in total. The highest BCUT2D eigenvalue weighted by Crippen LogP contribution is 2.33. The molecule has 0 bridgehead atoms. The van der Waals surface area contributed by atoms with E-state index in [4.69, 9.17) is 62.7 Å². The van der Waals surface area contributed by atoms with Gasteiger partial charge in [-0.15, -0.1) is 0 Å². The molecule has 5 amide bonds. The number of rotatable bonds is 48. The molecular weight excluding hydrogens is 941 g/mol. The van der Waals surface area contributed by atoms with Crippen molar-refractivity contribution in [3.63, 3.8) is 0 Å². The Kier molecular flexibility index (Phi) is 38.8. The standard InChI is InChI=1S/C45H86N8O16S/c1-45(2,3)69-44(57)50-12-17-61-20-23-64-26-29-65-28-25-63-22-19-60-16-11-49-41(55)8-13-58-18-21-62-24-27-66-30-31-67-32-33-68-35-37(53-46)34-47-9-14-59-15-10-48-40(54)7-5-4-6-39-42-38(36-70-39)51-43(56)52-42/h34,38-39,42,47,53H,4-33,35-36,46H2,1-3H3,(H,48,54)(H,49,55)(H,50,57)(H2,51,52,56)/b37-34-/t38-,39+,42?/m1/s1. The van der Waals surface area contributed by atoms with Crippen LogP contribution in [0.5, 0.6) is 0 Å². The molecular formula is C45H86N8O16S. The van der Waals surface area contributed by atoms with Gasteiger partial charge < -0.3 is 94.2 Å². The van der Waals surface area contributed by atoms with Gasteiger partial charge in [0.05, 0.1) is 163 Å². The maximum absolute atomic E-state index is 12.1. The molecule has 2 aliphatic heterocycles. The van der Waals surface area contributed by atoms with Gasteiger partial charge in [0.1, 0.15) is 5.60 Å². The van der Waals surface area contributed by atoms with Crippen LogP contribution in [-0.4, -0.2) is 224 Å². The number of nitrogens with one attached hydrogen (secondary N) is 7. The lowest BCUT2D eigenvalue weighted by molar-refractivity contribution is -0.123. The highest BCUT2D eigenvalue weighted by atomic mass is 32.2. The van der Waals surface area contributed by atoms with Gasteiger partial charge in [-0.3, -0.25) is 15.4 Å². The van der Waals surface area contributed by atoms with Crippen molar-refractivity contribution in [2.75, 3.05) is 177 Å². The Bertz CT molecular complexity index is 1380. The van der Waals surface area contributed by atoms with Crippen molar-refractivity contribution >= 4 is 35.7 Å². The molecule has 70 heavy (non-hydrogen) atoms. The molecule has 25 heteroatoms. The van der Waals surface area contributed by atoms with Gasteiger partial charge in [-0.25, -0.2) is 9.59 Å². The van der Waals surface area contributed by atoms with Crippen LogP contribution in [0.3, 0.4) is 0 Å². The smallest absolute Gasteiger partial charge is 0.407 e. The fraction of sp³-hybridized carbons (Fsp3) is 0.867. The highest BCUT2D eigenvalue weighted by molar-refractivity contribution is 8.00. The van der Waals surface area contributed by atoms with E-state index in [1.807, 2.05) is 11.8 Å². The third-order valence-corrected chi connectivity index (χ3v) is 11.2. The predicted octanol–water partition coefficient (Wildman–Crippen LogP) is -0.0637. The van der Waals surface area contributed by atoms with Crippen LogP contribution in [0.15, 0.2) is 11.9 Å². The van der Waals surface area contributed by atoms with Gasteiger partial charge >= 0.3 is 12.1 Å². The molecule has 0 aromatic rings. The highest BCUT2D eigenvalue weighted by Gasteiger charge is 2.42. The van der Waals surface area contributed by atoms with Crippen LogP contribution in [0.25, 0.3) is 0 Å². The van der Waals surface area contributed by atoms with E-state index in [1.165, 1.54) is 0 Å². The second kappa shape index (κ2) is 43.3. The van der Waals surface area contributed by atoms with E-state index in [1.54, 1.807) is 27.0 Å². The topological polar surface area (TPSA) is 289 Å². The summed E-state index contributed by atoms with van der Waals surface area (Å²) in [5.74, 6) is 6.45. The normalized spacial score (nSPS) is 16.7. The first-order chi connectivity index (χ1) is 34.1. The van der Waals surface area contributed by atoms with Crippen molar-refractivity contribution in [1.29, 1.82) is 0 Å². The number of hydrogen-bond donors (Lipinski definition) is 8. The molecule has 9 N–H and O–H groups in total. The van der Waals surface area contributed by atoms with Crippen LogP contribution in [0, 0.1) is 0 Å². The summed E-state index contributed by atoms with van der Waals surface area (Å²) in [6, 6.07) is 0.365. The number of ether oxygens (including phenoxy) is 12. The van der Waals surface area contributed by atoms with Gasteiger partial charge in [0, 0.05) is 56.2 Å². The molecule has 0 aliphatic carbocycles. The summed E-state index contributed by atoms with van der Waals surface area (Å²) in [4.78, 5) is 47.2. The molecule has 2 saturated heterocycles. The van der Waals surface area contributed by atoms with Gasteiger partial charge in [0.25, 0.3) is 0 Å². The first-order valence-electron chi connectivity index (χ1n) is 24.5. The second-order valence-corrected chi connectivity index (χ2v) is 18.0. The zero-order valence-corrected chi connectivity index (χ0v) is 42.8. The Morgan fingerprint density at radius 1 is 0.586 bits per heavy atom. The van der Waals surface area contributed by atoms with Gasteiger partial charge in [-0.05, 0) is 33.6 Å². The predicted molar refractivity (Wildman–Crippen MR) is 261 cm³/mol. The first kappa shape index (κ1) is 62.8. The minimum absolute atomic E-state index is 0.0251. The van der Waals surface area contributed by atoms with E-state index in [0.717, 1.165) is 25.0 Å². The number of thioether (sulfide) groups is 1. The number of hydrogen-bond acceptors (Lipinski definition) is 20. The SMILES string of the molecule is CC(C)(C)OC(=O)NCCOCCOCCOCCOCCOCCNC(=O)CCOCCOCCOCCOCCOC/C(=C/NCCOCCNC(=O)CCCC[C@@H]1SC[C@H]2NC(=O)NC12)NN. The lowest BCUT2D eigenvalue weighted by Gasteiger charge is -2.19. The van der Waals surface area contributed by atoms with Crippen molar-refractivity contribution in [3.8, 4) is 0 Å². The number of nitrogens with two attached hydrogens (primary N) is 1. The maximum Gasteiger partial charge on any atom is 0.407 e. The van der Waals surface area contributed by atoms with Crippen molar-refractivity contribution < 1.29 is 76.0 Å². The molecule has 2 heterocycles. The summed E-state index contributed by atoms with van der Waals surface area (Å²) < 4.78 is 65.6. The van der Waals surface area contributed by atoms with Crippen LogP contribution in [-0.2, 0) is 66.4 Å². The summed E-state index contributed by atoms with van der Waals surface area (Å²) in [6.45, 7) is 16.2. The first-order valence-corrected chi connectivity index (χ1v) is 25.6. The largest absolute Gasteiger partial charge is 0.444 e. The summed E-state index contributed by atoms with van der Waals surface area (Å²) in [5, 5.41) is 17.8. The lowest BCUT2D eigenvalue weighted by atomic mass is 10.0. The average Bonchev–Trinajstić information content (AvgIpc) is 3.89. The van der Waals surface area contributed by atoms with Crippen LogP contribution < -0.4 is 43.2 Å². The molecule has 408 valence electrons. The van der Waals surface area contributed by atoms with Crippen LogP contribution in [0.2, 0.25) is 0 Å². The Hall–Kier alpha value is -3.31. The van der Waals surface area contributed by atoms with Crippen molar-refractivity contribution in [3.05, 3.63) is 11.9 Å². The Morgan fingerprint density at radius 2 is 1.03 bits per heavy atom. The number of alkyl carbamates (subject to hydrolysis) is 1. The van der Waals surface area contributed by atoms with Crippen LogP contribution in [0.1, 0.15) is 52.9 Å². The maximum atomic E-state index is 12.1. The van der Waals surface area contributed by atoms with Gasteiger partial charge in [0.15, 0.2) is 0 Å². The second-order valence-electron chi connectivity index (χ2n) is 16.7. The van der Waals surface area contributed by atoms with E-state index < -0.39 is 11.7 Å². The van der Waals surface area contributed by atoms with E-state index in [0.29, 0.717) is 182 Å². The van der Waals surface area contributed by atoms with E-state index in [9.17, 15) is 19.2 Å². The number of hydrazine groups is 1. The Morgan fingerprint density at radius 3 is 1.54 bits per heavy atom. The number of carbonyl (C=O) groups is 4. The van der Waals surface area contributed by atoms with E-state index in [2.05, 4.69) is 37.3 Å². The summed E-state index contributed by atoms with van der Waals surface area (Å²) in [6.07, 6.45) is 4.78. The monoisotopic (exact) mass is 1030 g/mol. The fourth-order valence-electron chi connectivity index (χ4n) is 6.28. The van der Waals surface area contributed by atoms with Crippen molar-refractivity contribution in [2.45, 2.75) is 75.8 Å². The molecule has 0 aromatic heterocycles. The number of amides is 5. The molecule has 0 radical (unpaired) electrons. The van der Waals surface area contributed by atoms with Gasteiger partial charge in [0.2, 0.25) is 11.8 Å².